The maximum absolute atomic E-state index is 12.1. The Hall–Kier alpha value is -1.40. The van der Waals surface area contributed by atoms with Crippen LogP contribution in [0.25, 0.3) is 0 Å². The monoisotopic (exact) mass is 321 g/mol. The van der Waals surface area contributed by atoms with Crippen molar-refractivity contribution in [1.82, 2.24) is 15.1 Å². The molecule has 128 valence electrons. The molecule has 6 heteroatoms. The Morgan fingerprint density at radius 1 is 1.30 bits per heavy atom. The van der Waals surface area contributed by atoms with Crippen molar-refractivity contribution in [3.05, 3.63) is 12.2 Å². The summed E-state index contributed by atoms with van der Waals surface area (Å²) >= 11 is 0. The van der Waals surface area contributed by atoms with E-state index in [2.05, 4.69) is 22.4 Å². The van der Waals surface area contributed by atoms with Gasteiger partial charge in [0.25, 0.3) is 0 Å². The molecule has 1 aliphatic carbocycles. The first-order valence-corrected chi connectivity index (χ1v) is 8.74. The summed E-state index contributed by atoms with van der Waals surface area (Å²) < 4.78 is 5.33. The van der Waals surface area contributed by atoms with Crippen LogP contribution in [0.15, 0.2) is 12.2 Å². The summed E-state index contributed by atoms with van der Waals surface area (Å²) in [7, 11) is 0. The molecule has 2 fully saturated rings. The third-order valence-corrected chi connectivity index (χ3v) is 4.93. The number of ether oxygens (including phenoxy) is 1. The van der Waals surface area contributed by atoms with Crippen LogP contribution in [-0.2, 0) is 14.3 Å². The minimum atomic E-state index is -0.0231. The second-order valence-corrected chi connectivity index (χ2v) is 6.73. The first-order valence-electron chi connectivity index (χ1n) is 8.74. The Morgan fingerprint density at radius 3 is 2.87 bits per heavy atom. The van der Waals surface area contributed by atoms with Crippen molar-refractivity contribution in [2.45, 2.75) is 31.7 Å². The molecule has 3 aliphatic rings. The number of carbonyl (C=O) groups excluding carboxylic acids is 2. The van der Waals surface area contributed by atoms with Gasteiger partial charge in [-0.15, -0.1) is 0 Å². The first-order chi connectivity index (χ1) is 11.2. The second-order valence-electron chi connectivity index (χ2n) is 6.73. The Morgan fingerprint density at radius 2 is 2.13 bits per heavy atom. The number of hydrogen-bond donors (Lipinski definition) is 1. The number of likely N-dealkylation sites (tertiary alicyclic amines) is 1. The predicted octanol–water partition coefficient (Wildman–Crippen LogP) is 0.392. The smallest absolute Gasteiger partial charge is 0.224 e. The summed E-state index contributed by atoms with van der Waals surface area (Å²) in [4.78, 5) is 28.4. The third kappa shape index (κ3) is 4.78. The van der Waals surface area contributed by atoms with Gasteiger partial charge in [-0.25, -0.2) is 0 Å². The van der Waals surface area contributed by atoms with Crippen molar-refractivity contribution in [2.24, 2.45) is 5.92 Å². The van der Waals surface area contributed by atoms with Gasteiger partial charge < -0.3 is 15.0 Å². The number of rotatable bonds is 6. The number of carbonyl (C=O) groups is 2. The van der Waals surface area contributed by atoms with Crippen LogP contribution in [0.3, 0.4) is 0 Å². The second kappa shape index (κ2) is 7.93. The molecule has 0 saturated carbocycles. The van der Waals surface area contributed by atoms with Crippen LogP contribution < -0.4 is 5.32 Å². The number of amides is 2. The standard InChI is InChI=1S/C17H27N3O3/c21-16(11-14-3-1-2-4-14)18-15-12-17(22)20(13-15)6-5-19-7-9-23-10-8-19/h1,3,14-15H,2,4-13H2,(H,18,21)/t14-,15+/m0/s1. The zero-order valence-corrected chi connectivity index (χ0v) is 13.7. The van der Waals surface area contributed by atoms with E-state index in [1.54, 1.807) is 0 Å². The molecule has 23 heavy (non-hydrogen) atoms. The minimum absolute atomic E-state index is 0.0231. The maximum atomic E-state index is 12.1. The molecular weight excluding hydrogens is 294 g/mol. The topological polar surface area (TPSA) is 61.9 Å². The van der Waals surface area contributed by atoms with Crippen molar-refractivity contribution in [3.63, 3.8) is 0 Å². The van der Waals surface area contributed by atoms with E-state index in [1.807, 2.05) is 4.90 Å². The van der Waals surface area contributed by atoms with Gasteiger partial charge in [-0.3, -0.25) is 14.5 Å². The van der Waals surface area contributed by atoms with E-state index < -0.39 is 0 Å². The van der Waals surface area contributed by atoms with Crippen molar-refractivity contribution < 1.29 is 14.3 Å². The van der Waals surface area contributed by atoms with Crippen molar-refractivity contribution in [1.29, 1.82) is 0 Å². The number of allylic oxidation sites excluding steroid dienone is 2. The fraction of sp³-hybridized carbons (Fsp3) is 0.765. The highest BCUT2D eigenvalue weighted by Gasteiger charge is 2.31. The summed E-state index contributed by atoms with van der Waals surface area (Å²) in [5.74, 6) is 0.614. The van der Waals surface area contributed by atoms with Crippen LogP contribution >= 0.6 is 0 Å². The summed E-state index contributed by atoms with van der Waals surface area (Å²) in [5.41, 5.74) is 0. The van der Waals surface area contributed by atoms with Crippen LogP contribution in [0.2, 0.25) is 0 Å². The Labute approximate surface area is 137 Å². The average molecular weight is 321 g/mol. The molecule has 3 rings (SSSR count). The quantitative estimate of drug-likeness (QED) is 0.719. The first kappa shape index (κ1) is 16.5. The summed E-state index contributed by atoms with van der Waals surface area (Å²) in [5, 5.41) is 3.04. The SMILES string of the molecule is O=C(C[C@H]1C=CCC1)N[C@@H]1CC(=O)N(CCN2CCOCC2)C1. The Balaban J connectivity index is 1.38. The van der Waals surface area contributed by atoms with E-state index in [1.165, 1.54) is 0 Å². The zero-order valence-electron chi connectivity index (χ0n) is 13.7. The van der Waals surface area contributed by atoms with Gasteiger partial charge in [-0.2, -0.15) is 0 Å². The molecule has 0 aromatic rings. The normalized spacial score (nSPS) is 28.5. The number of nitrogens with one attached hydrogen (secondary N) is 1. The Kier molecular flexibility index (Phi) is 5.67. The van der Waals surface area contributed by atoms with Gasteiger partial charge in [-0.05, 0) is 18.8 Å². The fourth-order valence-electron chi connectivity index (χ4n) is 3.56. The van der Waals surface area contributed by atoms with Gasteiger partial charge in [-0.1, -0.05) is 12.2 Å². The Bertz CT molecular complexity index is 460. The molecule has 0 bridgehead atoms. The molecule has 6 nitrogen and oxygen atoms in total. The van der Waals surface area contributed by atoms with E-state index in [0.717, 1.165) is 52.2 Å². The largest absolute Gasteiger partial charge is 0.379 e. The molecule has 0 aromatic carbocycles. The van der Waals surface area contributed by atoms with Crippen LogP contribution in [0.4, 0.5) is 0 Å². The molecule has 1 N–H and O–H groups in total. The highest BCUT2D eigenvalue weighted by atomic mass is 16.5. The van der Waals surface area contributed by atoms with Crippen molar-refractivity contribution >= 4 is 11.8 Å². The van der Waals surface area contributed by atoms with Gasteiger partial charge in [0.15, 0.2) is 0 Å². The maximum Gasteiger partial charge on any atom is 0.224 e. The molecule has 2 heterocycles. The van der Waals surface area contributed by atoms with Gasteiger partial charge in [0.05, 0.1) is 19.3 Å². The molecule has 2 saturated heterocycles. The number of nitrogens with zero attached hydrogens (tertiary/aromatic N) is 2. The van der Waals surface area contributed by atoms with Crippen LogP contribution in [0.1, 0.15) is 25.7 Å². The average Bonchev–Trinajstić information content (AvgIpc) is 3.16. The molecule has 0 unspecified atom stereocenters. The predicted molar refractivity (Wildman–Crippen MR) is 86.9 cm³/mol. The molecule has 0 spiro atoms. The van der Waals surface area contributed by atoms with Crippen LogP contribution in [-0.4, -0.2) is 73.6 Å². The van der Waals surface area contributed by atoms with Gasteiger partial charge >= 0.3 is 0 Å². The van der Waals surface area contributed by atoms with Crippen LogP contribution in [0, 0.1) is 5.92 Å². The van der Waals surface area contributed by atoms with Gasteiger partial charge in [0.1, 0.15) is 0 Å². The molecular formula is C17H27N3O3. The van der Waals surface area contributed by atoms with E-state index in [0.29, 0.717) is 25.3 Å². The number of hydrogen-bond acceptors (Lipinski definition) is 4. The number of morpholine rings is 1. The minimum Gasteiger partial charge on any atom is -0.379 e. The lowest BCUT2D eigenvalue weighted by molar-refractivity contribution is -0.128. The van der Waals surface area contributed by atoms with Gasteiger partial charge in [0.2, 0.25) is 11.8 Å². The van der Waals surface area contributed by atoms with E-state index >= 15 is 0 Å². The van der Waals surface area contributed by atoms with Crippen molar-refractivity contribution in [3.8, 4) is 0 Å². The molecule has 0 radical (unpaired) electrons. The van der Waals surface area contributed by atoms with Crippen LogP contribution in [0.5, 0.6) is 0 Å². The highest BCUT2D eigenvalue weighted by molar-refractivity contribution is 5.82. The molecule has 0 aromatic heterocycles. The molecule has 2 atom stereocenters. The highest BCUT2D eigenvalue weighted by Crippen LogP contribution is 2.20. The molecule has 2 amide bonds. The van der Waals surface area contributed by atoms with Crippen molar-refractivity contribution in [2.75, 3.05) is 45.9 Å². The van der Waals surface area contributed by atoms with E-state index in [4.69, 9.17) is 4.74 Å². The lowest BCUT2D eigenvalue weighted by Crippen LogP contribution is -2.43. The van der Waals surface area contributed by atoms with E-state index in [-0.39, 0.29) is 17.9 Å². The van der Waals surface area contributed by atoms with Gasteiger partial charge in [0, 0.05) is 45.6 Å². The third-order valence-electron chi connectivity index (χ3n) is 4.93. The summed E-state index contributed by atoms with van der Waals surface area (Å²) in [6.07, 6.45) is 7.42. The van der Waals surface area contributed by atoms with E-state index in [9.17, 15) is 9.59 Å². The lowest BCUT2D eigenvalue weighted by Gasteiger charge is -2.28. The summed E-state index contributed by atoms with van der Waals surface area (Å²) in [6.45, 7) is 5.73. The fourth-order valence-corrected chi connectivity index (χ4v) is 3.56. The zero-order chi connectivity index (χ0) is 16.1. The lowest BCUT2D eigenvalue weighted by atomic mass is 10.0. The molecule has 2 aliphatic heterocycles. The summed E-state index contributed by atoms with van der Waals surface area (Å²) in [6, 6.07) is -0.0231.